The summed E-state index contributed by atoms with van der Waals surface area (Å²) in [6, 6.07) is 0.327. The van der Waals surface area contributed by atoms with Crippen molar-refractivity contribution in [3.05, 3.63) is 0 Å². The van der Waals surface area contributed by atoms with Gasteiger partial charge in [0.15, 0.2) is 0 Å². The Labute approximate surface area is 83.8 Å². The van der Waals surface area contributed by atoms with E-state index in [4.69, 9.17) is 16.3 Å². The van der Waals surface area contributed by atoms with Gasteiger partial charge in [-0.2, -0.15) is 0 Å². The van der Waals surface area contributed by atoms with E-state index in [0.29, 0.717) is 24.4 Å². The molecular weight excluding hydrogens is 190 g/mol. The van der Waals surface area contributed by atoms with Crippen LogP contribution in [-0.2, 0) is 9.53 Å². The van der Waals surface area contributed by atoms with Crippen LogP contribution in [-0.4, -0.2) is 31.0 Å². The van der Waals surface area contributed by atoms with Crippen molar-refractivity contribution in [3.8, 4) is 0 Å². The number of amides is 1. The van der Waals surface area contributed by atoms with Crippen LogP contribution in [0.4, 0.5) is 0 Å². The third-order valence-electron chi connectivity index (χ3n) is 2.33. The van der Waals surface area contributed by atoms with Gasteiger partial charge in [0, 0.05) is 25.5 Å². The molecule has 0 bridgehead atoms. The summed E-state index contributed by atoms with van der Waals surface area (Å²) < 4.78 is 5.11. The predicted molar refractivity (Wildman–Crippen MR) is 51.9 cm³/mol. The lowest BCUT2D eigenvalue weighted by molar-refractivity contribution is -0.123. The summed E-state index contributed by atoms with van der Waals surface area (Å²) in [5.74, 6) is 0.666. The molecule has 1 aliphatic carbocycles. The van der Waals surface area contributed by atoms with E-state index in [2.05, 4.69) is 5.32 Å². The minimum Gasteiger partial charge on any atom is -0.381 e. The molecule has 0 aromatic carbocycles. The van der Waals surface area contributed by atoms with E-state index >= 15 is 0 Å². The molecule has 0 unspecified atom stereocenters. The molecule has 13 heavy (non-hydrogen) atoms. The van der Waals surface area contributed by atoms with Crippen LogP contribution in [0.15, 0.2) is 0 Å². The molecule has 0 aromatic rings. The van der Waals surface area contributed by atoms with Gasteiger partial charge < -0.3 is 10.1 Å². The quantitative estimate of drug-likeness (QED) is 0.688. The zero-order valence-corrected chi connectivity index (χ0v) is 8.64. The van der Waals surface area contributed by atoms with Gasteiger partial charge in [-0.3, -0.25) is 4.79 Å². The molecule has 1 saturated carbocycles. The number of rotatable bonds is 5. The van der Waals surface area contributed by atoms with Gasteiger partial charge in [0.1, 0.15) is 0 Å². The average molecular weight is 206 g/mol. The van der Waals surface area contributed by atoms with Crippen LogP contribution in [0.25, 0.3) is 0 Å². The molecule has 1 rings (SSSR count). The highest BCUT2D eigenvalue weighted by Crippen LogP contribution is 2.22. The first-order valence-electron chi connectivity index (χ1n) is 4.64. The normalized spacial score (nSPS) is 26.6. The molecule has 0 heterocycles. The molecule has 1 N–H and O–H groups in total. The molecule has 1 amide bonds. The molecule has 0 aliphatic heterocycles. The van der Waals surface area contributed by atoms with E-state index in [0.717, 1.165) is 19.3 Å². The molecule has 0 atom stereocenters. The van der Waals surface area contributed by atoms with Crippen LogP contribution in [0.1, 0.15) is 25.7 Å². The second kappa shape index (κ2) is 5.45. The van der Waals surface area contributed by atoms with Crippen molar-refractivity contribution in [2.75, 3.05) is 13.0 Å². The van der Waals surface area contributed by atoms with Crippen LogP contribution in [0, 0.1) is 0 Å². The Kier molecular flexibility index (Phi) is 4.53. The third kappa shape index (κ3) is 3.53. The predicted octanol–water partition coefficient (Wildman–Crippen LogP) is 1.30. The van der Waals surface area contributed by atoms with Gasteiger partial charge in [0.05, 0.1) is 6.10 Å². The summed E-state index contributed by atoms with van der Waals surface area (Å²) in [5.41, 5.74) is 0. The summed E-state index contributed by atoms with van der Waals surface area (Å²) in [4.78, 5) is 11.2. The van der Waals surface area contributed by atoms with Crippen molar-refractivity contribution in [2.45, 2.75) is 37.8 Å². The van der Waals surface area contributed by atoms with Gasteiger partial charge in [-0.15, -0.1) is 11.6 Å². The first-order valence-corrected chi connectivity index (χ1v) is 5.18. The summed E-state index contributed by atoms with van der Waals surface area (Å²) in [6.45, 7) is 0. The Balaban J connectivity index is 2.03. The molecular formula is C9H16ClNO2. The standard InChI is InChI=1S/C9H16ClNO2/c1-13-8-5-7(6-8)11-9(12)3-2-4-10/h7-8H,2-6H2,1H3,(H,11,12). The number of methoxy groups -OCH3 is 1. The Bertz CT molecular complexity index is 169. The lowest BCUT2D eigenvalue weighted by Crippen LogP contribution is -2.47. The summed E-state index contributed by atoms with van der Waals surface area (Å²) in [6.07, 6.45) is 3.54. The van der Waals surface area contributed by atoms with Gasteiger partial charge in [-0.1, -0.05) is 0 Å². The lowest BCUT2D eigenvalue weighted by atomic mass is 9.89. The van der Waals surface area contributed by atoms with Crippen molar-refractivity contribution in [3.63, 3.8) is 0 Å². The van der Waals surface area contributed by atoms with Gasteiger partial charge in [0.2, 0.25) is 5.91 Å². The molecule has 4 heteroatoms. The molecule has 1 fully saturated rings. The van der Waals surface area contributed by atoms with Crippen LogP contribution in [0.5, 0.6) is 0 Å². The number of ether oxygens (including phenoxy) is 1. The maximum absolute atomic E-state index is 11.2. The second-order valence-electron chi connectivity index (χ2n) is 3.39. The minimum atomic E-state index is 0.111. The molecule has 0 saturated heterocycles. The fraction of sp³-hybridized carbons (Fsp3) is 0.889. The number of alkyl halides is 1. The van der Waals surface area contributed by atoms with Gasteiger partial charge in [-0.05, 0) is 19.3 Å². The average Bonchev–Trinajstić information content (AvgIpc) is 2.07. The number of hydrogen-bond donors (Lipinski definition) is 1. The van der Waals surface area contributed by atoms with Crippen molar-refractivity contribution in [2.24, 2.45) is 0 Å². The first kappa shape index (κ1) is 10.8. The number of hydrogen-bond acceptors (Lipinski definition) is 2. The summed E-state index contributed by atoms with van der Waals surface area (Å²) in [5, 5.41) is 2.94. The topological polar surface area (TPSA) is 38.3 Å². The fourth-order valence-electron chi connectivity index (χ4n) is 1.40. The number of carbonyl (C=O) groups excluding carboxylic acids is 1. The number of nitrogens with one attached hydrogen (secondary N) is 1. The maximum atomic E-state index is 11.2. The monoisotopic (exact) mass is 205 g/mol. The highest BCUT2D eigenvalue weighted by Gasteiger charge is 2.29. The van der Waals surface area contributed by atoms with E-state index in [9.17, 15) is 4.79 Å². The highest BCUT2D eigenvalue weighted by molar-refractivity contribution is 6.17. The van der Waals surface area contributed by atoms with Crippen LogP contribution in [0.3, 0.4) is 0 Å². The van der Waals surface area contributed by atoms with E-state index in [1.54, 1.807) is 7.11 Å². The number of carbonyl (C=O) groups is 1. The molecule has 3 nitrogen and oxygen atoms in total. The van der Waals surface area contributed by atoms with Gasteiger partial charge >= 0.3 is 0 Å². The van der Waals surface area contributed by atoms with Crippen molar-refractivity contribution >= 4 is 17.5 Å². The maximum Gasteiger partial charge on any atom is 0.220 e. The van der Waals surface area contributed by atoms with Crippen LogP contribution in [0.2, 0.25) is 0 Å². The zero-order valence-electron chi connectivity index (χ0n) is 7.88. The molecule has 0 radical (unpaired) electrons. The van der Waals surface area contributed by atoms with E-state index < -0.39 is 0 Å². The Morgan fingerprint density at radius 1 is 1.62 bits per heavy atom. The highest BCUT2D eigenvalue weighted by atomic mass is 35.5. The van der Waals surface area contributed by atoms with Crippen LogP contribution >= 0.6 is 11.6 Å². The van der Waals surface area contributed by atoms with Gasteiger partial charge in [-0.25, -0.2) is 0 Å². The van der Waals surface area contributed by atoms with E-state index in [-0.39, 0.29) is 5.91 Å². The van der Waals surface area contributed by atoms with Crippen molar-refractivity contribution < 1.29 is 9.53 Å². The largest absolute Gasteiger partial charge is 0.381 e. The first-order chi connectivity index (χ1) is 6.26. The molecule has 0 spiro atoms. The lowest BCUT2D eigenvalue weighted by Gasteiger charge is -2.34. The molecule has 76 valence electrons. The van der Waals surface area contributed by atoms with Gasteiger partial charge in [0.25, 0.3) is 0 Å². The summed E-state index contributed by atoms with van der Waals surface area (Å²) >= 11 is 5.48. The van der Waals surface area contributed by atoms with Crippen LogP contribution < -0.4 is 5.32 Å². The third-order valence-corrected chi connectivity index (χ3v) is 2.60. The molecule has 1 aliphatic rings. The van der Waals surface area contributed by atoms with Crippen molar-refractivity contribution in [1.82, 2.24) is 5.32 Å². The number of halogens is 1. The zero-order chi connectivity index (χ0) is 9.68. The van der Waals surface area contributed by atoms with E-state index in [1.807, 2.05) is 0 Å². The summed E-state index contributed by atoms with van der Waals surface area (Å²) in [7, 11) is 1.70. The van der Waals surface area contributed by atoms with Crippen molar-refractivity contribution in [1.29, 1.82) is 0 Å². The Hall–Kier alpha value is -0.280. The minimum absolute atomic E-state index is 0.111. The molecule has 0 aromatic heterocycles. The Morgan fingerprint density at radius 3 is 2.85 bits per heavy atom. The smallest absolute Gasteiger partial charge is 0.220 e. The fourth-order valence-corrected chi connectivity index (χ4v) is 1.54. The second-order valence-corrected chi connectivity index (χ2v) is 3.76. The Morgan fingerprint density at radius 2 is 2.31 bits per heavy atom. The van der Waals surface area contributed by atoms with E-state index in [1.165, 1.54) is 0 Å². The SMILES string of the molecule is COC1CC(NC(=O)CCCCl)C1.